The van der Waals surface area contributed by atoms with Crippen LogP contribution in [0.5, 0.6) is 5.75 Å². The molecule has 0 aliphatic rings. The number of non-ortho nitro benzene ring substituents is 1. The molecule has 0 aliphatic carbocycles. The number of hydrogen-bond donors (Lipinski definition) is 1. The number of nitrogens with zero attached hydrogens (tertiary/aromatic N) is 2. The minimum Gasteiger partial charge on any atom is -0.492 e. The highest BCUT2D eigenvalue weighted by molar-refractivity contribution is 5.35. The van der Waals surface area contributed by atoms with E-state index in [1.165, 1.54) is 12.1 Å². The number of ether oxygens (including phenoxy) is 1. The van der Waals surface area contributed by atoms with Crippen LogP contribution >= 0.6 is 0 Å². The monoisotopic (exact) mass is 277 g/mol. The van der Waals surface area contributed by atoms with E-state index in [2.05, 4.69) is 10.3 Å². The minimum absolute atomic E-state index is 0.0507. The number of nitro groups is 1. The molecule has 1 aromatic heterocycles. The van der Waals surface area contributed by atoms with Gasteiger partial charge in [-0.25, -0.2) is 4.98 Å². The maximum absolute atomic E-state index is 10.5. The van der Waals surface area contributed by atoms with Crippen molar-refractivity contribution in [2.24, 2.45) is 0 Å². The van der Waals surface area contributed by atoms with E-state index in [4.69, 9.17) is 9.15 Å². The Labute approximate surface area is 115 Å². The zero-order valence-electron chi connectivity index (χ0n) is 11.0. The summed E-state index contributed by atoms with van der Waals surface area (Å²) in [5.74, 6) is 2.02. The van der Waals surface area contributed by atoms with Crippen LogP contribution in [0.3, 0.4) is 0 Å². The Bertz CT molecular complexity index is 565. The summed E-state index contributed by atoms with van der Waals surface area (Å²) in [6.07, 6.45) is 1.67. The Morgan fingerprint density at radius 2 is 2.15 bits per heavy atom. The van der Waals surface area contributed by atoms with E-state index >= 15 is 0 Å². The van der Waals surface area contributed by atoms with Gasteiger partial charge in [-0.1, -0.05) is 0 Å². The Morgan fingerprint density at radius 3 is 2.75 bits per heavy atom. The number of hydrogen-bond acceptors (Lipinski definition) is 6. The molecule has 0 bridgehead atoms. The van der Waals surface area contributed by atoms with Gasteiger partial charge in [0.2, 0.25) is 5.89 Å². The van der Waals surface area contributed by atoms with Crippen LogP contribution in [-0.4, -0.2) is 23.1 Å². The average Bonchev–Trinajstić information content (AvgIpc) is 2.84. The summed E-state index contributed by atoms with van der Waals surface area (Å²) < 4.78 is 10.8. The predicted octanol–water partition coefficient (Wildman–Crippen LogP) is 2.06. The maximum atomic E-state index is 10.5. The second kappa shape index (κ2) is 6.67. The first kappa shape index (κ1) is 14.0. The van der Waals surface area contributed by atoms with Crippen molar-refractivity contribution in [3.05, 3.63) is 52.2 Å². The standard InChI is InChI=1S/C13H15N3O4/c1-10-8-15-13(20-10)9-14-6-7-19-12-4-2-11(3-5-12)16(17)18/h2-5,8,14H,6-7,9H2,1H3. The highest BCUT2D eigenvalue weighted by Gasteiger charge is 2.04. The van der Waals surface area contributed by atoms with Crippen molar-refractivity contribution in [2.45, 2.75) is 13.5 Å². The maximum Gasteiger partial charge on any atom is 0.269 e. The van der Waals surface area contributed by atoms with Gasteiger partial charge in [0.1, 0.15) is 18.1 Å². The van der Waals surface area contributed by atoms with E-state index < -0.39 is 4.92 Å². The molecule has 1 heterocycles. The number of oxazole rings is 1. The molecule has 0 fully saturated rings. The van der Waals surface area contributed by atoms with E-state index in [-0.39, 0.29) is 5.69 Å². The average molecular weight is 277 g/mol. The topological polar surface area (TPSA) is 90.4 Å². The van der Waals surface area contributed by atoms with Crippen molar-refractivity contribution < 1.29 is 14.1 Å². The largest absolute Gasteiger partial charge is 0.492 e. The number of aryl methyl sites for hydroxylation is 1. The van der Waals surface area contributed by atoms with Gasteiger partial charge in [0.25, 0.3) is 5.69 Å². The predicted molar refractivity (Wildman–Crippen MR) is 71.5 cm³/mol. The minimum atomic E-state index is -0.441. The van der Waals surface area contributed by atoms with Gasteiger partial charge in [0.15, 0.2) is 0 Å². The van der Waals surface area contributed by atoms with E-state index in [0.717, 1.165) is 5.76 Å². The van der Waals surface area contributed by atoms with Gasteiger partial charge in [0, 0.05) is 18.7 Å². The van der Waals surface area contributed by atoms with Crippen LogP contribution in [-0.2, 0) is 6.54 Å². The molecule has 2 aromatic rings. The van der Waals surface area contributed by atoms with E-state index in [0.29, 0.717) is 31.3 Å². The molecule has 7 heteroatoms. The summed E-state index contributed by atoms with van der Waals surface area (Å²) in [6, 6.07) is 5.99. The smallest absolute Gasteiger partial charge is 0.269 e. The molecular formula is C13H15N3O4. The molecule has 0 saturated heterocycles. The first-order chi connectivity index (χ1) is 9.65. The third-order valence-electron chi connectivity index (χ3n) is 2.54. The van der Waals surface area contributed by atoms with E-state index in [9.17, 15) is 10.1 Å². The van der Waals surface area contributed by atoms with Gasteiger partial charge in [0.05, 0.1) is 17.7 Å². The fraction of sp³-hybridized carbons (Fsp3) is 0.308. The van der Waals surface area contributed by atoms with Crippen molar-refractivity contribution in [3.63, 3.8) is 0 Å². The fourth-order valence-electron chi connectivity index (χ4n) is 1.58. The zero-order valence-corrected chi connectivity index (χ0v) is 11.0. The molecule has 7 nitrogen and oxygen atoms in total. The second-order valence-electron chi connectivity index (χ2n) is 4.14. The van der Waals surface area contributed by atoms with Crippen LogP contribution in [0.15, 0.2) is 34.9 Å². The summed E-state index contributed by atoms with van der Waals surface area (Å²) in [5.41, 5.74) is 0.0507. The molecule has 1 aromatic carbocycles. The lowest BCUT2D eigenvalue weighted by Gasteiger charge is -2.06. The fourth-order valence-corrected chi connectivity index (χ4v) is 1.58. The molecular weight excluding hydrogens is 262 g/mol. The van der Waals surface area contributed by atoms with Gasteiger partial charge in [-0.3, -0.25) is 10.1 Å². The summed E-state index contributed by atoms with van der Waals surface area (Å²) in [6.45, 7) is 3.46. The third-order valence-corrected chi connectivity index (χ3v) is 2.54. The van der Waals surface area contributed by atoms with E-state index in [1.54, 1.807) is 18.3 Å². The van der Waals surface area contributed by atoms with Gasteiger partial charge in [-0.2, -0.15) is 0 Å². The summed E-state index contributed by atoms with van der Waals surface area (Å²) in [4.78, 5) is 14.1. The van der Waals surface area contributed by atoms with Gasteiger partial charge in [-0.05, 0) is 19.1 Å². The molecule has 20 heavy (non-hydrogen) atoms. The third kappa shape index (κ3) is 4.06. The highest BCUT2D eigenvalue weighted by Crippen LogP contribution is 2.16. The lowest BCUT2D eigenvalue weighted by Crippen LogP contribution is -2.20. The molecule has 1 N–H and O–H groups in total. The second-order valence-corrected chi connectivity index (χ2v) is 4.14. The van der Waals surface area contributed by atoms with Gasteiger partial charge >= 0.3 is 0 Å². The Hall–Kier alpha value is -2.41. The molecule has 0 atom stereocenters. The number of nitro benzene ring substituents is 1. The Balaban J connectivity index is 1.66. The first-order valence-electron chi connectivity index (χ1n) is 6.14. The zero-order chi connectivity index (χ0) is 14.4. The van der Waals surface area contributed by atoms with Crippen molar-refractivity contribution in [2.75, 3.05) is 13.2 Å². The molecule has 0 aliphatic heterocycles. The van der Waals surface area contributed by atoms with Crippen LogP contribution in [0.2, 0.25) is 0 Å². The van der Waals surface area contributed by atoms with Crippen LogP contribution < -0.4 is 10.1 Å². The molecule has 0 unspecified atom stereocenters. The number of aromatic nitrogens is 1. The molecule has 0 saturated carbocycles. The Morgan fingerprint density at radius 1 is 1.40 bits per heavy atom. The number of rotatable bonds is 7. The van der Waals surface area contributed by atoms with Crippen molar-refractivity contribution >= 4 is 5.69 Å². The number of nitrogens with one attached hydrogen (secondary N) is 1. The lowest BCUT2D eigenvalue weighted by atomic mass is 10.3. The molecule has 0 spiro atoms. The highest BCUT2D eigenvalue weighted by atomic mass is 16.6. The normalized spacial score (nSPS) is 10.4. The van der Waals surface area contributed by atoms with Gasteiger partial charge < -0.3 is 14.5 Å². The quantitative estimate of drug-likeness (QED) is 0.473. The van der Waals surface area contributed by atoms with Crippen molar-refractivity contribution in [3.8, 4) is 5.75 Å². The van der Waals surface area contributed by atoms with Crippen molar-refractivity contribution in [1.82, 2.24) is 10.3 Å². The SMILES string of the molecule is Cc1cnc(CNCCOc2ccc([N+](=O)[O-])cc2)o1. The summed E-state index contributed by atoms with van der Waals surface area (Å²) >= 11 is 0. The summed E-state index contributed by atoms with van der Waals surface area (Å²) in [5, 5.41) is 13.6. The van der Waals surface area contributed by atoms with Crippen LogP contribution in [0.4, 0.5) is 5.69 Å². The lowest BCUT2D eigenvalue weighted by molar-refractivity contribution is -0.384. The van der Waals surface area contributed by atoms with Crippen LogP contribution in [0.1, 0.15) is 11.7 Å². The first-order valence-corrected chi connectivity index (χ1v) is 6.14. The van der Waals surface area contributed by atoms with Crippen LogP contribution in [0.25, 0.3) is 0 Å². The van der Waals surface area contributed by atoms with E-state index in [1.807, 2.05) is 6.92 Å². The Kier molecular flexibility index (Phi) is 4.67. The molecule has 106 valence electrons. The molecule has 2 rings (SSSR count). The number of benzene rings is 1. The van der Waals surface area contributed by atoms with Gasteiger partial charge in [-0.15, -0.1) is 0 Å². The molecule has 0 amide bonds. The van der Waals surface area contributed by atoms with Crippen molar-refractivity contribution in [1.29, 1.82) is 0 Å². The van der Waals surface area contributed by atoms with Crippen LogP contribution in [0, 0.1) is 17.0 Å². The molecule has 0 radical (unpaired) electrons. The summed E-state index contributed by atoms with van der Waals surface area (Å²) in [7, 11) is 0.